The largest absolute Gasteiger partial charge is 0.465 e. The molecule has 128 valence electrons. The monoisotopic (exact) mass is 331 g/mol. The molecule has 0 bridgehead atoms. The second-order valence-corrected chi connectivity index (χ2v) is 6.55. The number of anilines is 2. The Labute approximate surface area is 140 Å². The number of benzene rings is 1. The lowest BCUT2D eigenvalue weighted by Crippen LogP contribution is -2.53. The molecule has 0 spiro atoms. The minimum absolute atomic E-state index is 0.350. The first-order valence-electron chi connectivity index (χ1n) is 8.26. The Kier molecular flexibility index (Phi) is 4.55. The van der Waals surface area contributed by atoms with E-state index in [-0.39, 0.29) is 0 Å². The zero-order valence-corrected chi connectivity index (χ0v) is 13.9. The van der Waals surface area contributed by atoms with Crippen molar-refractivity contribution in [2.75, 3.05) is 10.2 Å². The van der Waals surface area contributed by atoms with E-state index in [1.165, 1.54) is 12.1 Å². The molecule has 1 aliphatic carbocycles. The van der Waals surface area contributed by atoms with Crippen LogP contribution in [0.2, 0.25) is 0 Å². The number of nitrogens with zero attached hydrogens (tertiary/aromatic N) is 2. The first-order valence-corrected chi connectivity index (χ1v) is 8.26. The number of nitrogens with one attached hydrogen (secondary N) is 1. The van der Waals surface area contributed by atoms with Crippen molar-refractivity contribution in [1.82, 2.24) is 4.98 Å². The SMILES string of the molecule is CC1CC(C)N1c1ccc2cc(NC(=O)O)ncc2c1.FC1CC1. The van der Waals surface area contributed by atoms with Crippen molar-refractivity contribution >= 4 is 28.4 Å². The molecule has 1 aromatic carbocycles. The molecule has 2 aliphatic rings. The number of hydrogen-bond donors (Lipinski definition) is 2. The molecule has 24 heavy (non-hydrogen) atoms. The summed E-state index contributed by atoms with van der Waals surface area (Å²) < 4.78 is 11.1. The van der Waals surface area contributed by atoms with E-state index in [2.05, 4.69) is 41.2 Å². The van der Waals surface area contributed by atoms with Crippen molar-refractivity contribution < 1.29 is 14.3 Å². The summed E-state index contributed by atoms with van der Waals surface area (Å²) in [6.45, 7) is 4.45. The van der Waals surface area contributed by atoms with Crippen LogP contribution in [-0.4, -0.2) is 34.4 Å². The van der Waals surface area contributed by atoms with Crippen molar-refractivity contribution in [3.63, 3.8) is 0 Å². The molecule has 1 amide bonds. The molecule has 2 heterocycles. The van der Waals surface area contributed by atoms with Gasteiger partial charge in [-0.05, 0) is 56.7 Å². The van der Waals surface area contributed by atoms with E-state index < -0.39 is 12.3 Å². The summed E-state index contributed by atoms with van der Waals surface area (Å²) in [5, 5.41) is 13.0. The number of rotatable bonds is 2. The van der Waals surface area contributed by atoms with Gasteiger partial charge in [-0.3, -0.25) is 5.32 Å². The maximum atomic E-state index is 11.1. The number of carbonyl (C=O) groups is 1. The predicted molar refractivity (Wildman–Crippen MR) is 93.5 cm³/mol. The number of alkyl halides is 1. The minimum atomic E-state index is -1.10. The summed E-state index contributed by atoms with van der Waals surface area (Å²) in [7, 11) is 0. The van der Waals surface area contributed by atoms with Gasteiger partial charge >= 0.3 is 6.09 Å². The van der Waals surface area contributed by atoms with Crippen LogP contribution in [0.5, 0.6) is 0 Å². The minimum Gasteiger partial charge on any atom is -0.465 e. The van der Waals surface area contributed by atoms with Gasteiger partial charge in [0, 0.05) is 29.4 Å². The molecule has 5 nitrogen and oxygen atoms in total. The predicted octanol–water partition coefficient (Wildman–Crippen LogP) is 4.43. The van der Waals surface area contributed by atoms with E-state index >= 15 is 0 Å². The molecule has 1 saturated heterocycles. The Morgan fingerprint density at radius 1 is 1.25 bits per heavy atom. The Hall–Kier alpha value is -2.37. The van der Waals surface area contributed by atoms with Gasteiger partial charge in [-0.2, -0.15) is 0 Å². The quantitative estimate of drug-likeness (QED) is 0.854. The molecule has 2 fully saturated rings. The van der Waals surface area contributed by atoms with Crippen LogP contribution in [0.4, 0.5) is 20.7 Å². The van der Waals surface area contributed by atoms with E-state index in [1.54, 1.807) is 12.3 Å². The smallest absolute Gasteiger partial charge is 0.410 e. The third kappa shape index (κ3) is 3.75. The third-order valence-corrected chi connectivity index (χ3v) is 4.38. The topological polar surface area (TPSA) is 65.5 Å². The standard InChI is InChI=1S/C15H17N3O2.C3H5F/c1-9-5-10(2)18(9)13-4-3-11-7-14(17-15(19)20)16-8-12(11)6-13;4-3-1-2-3/h3-4,6-10H,5H2,1-2H3,(H,16,17)(H,19,20);3H,1-2H2. The number of aromatic nitrogens is 1. The van der Waals surface area contributed by atoms with Gasteiger partial charge in [0.2, 0.25) is 0 Å². The number of pyridine rings is 1. The van der Waals surface area contributed by atoms with Crippen molar-refractivity contribution in [1.29, 1.82) is 0 Å². The number of fused-ring (bicyclic) bond motifs is 1. The van der Waals surface area contributed by atoms with Crippen molar-refractivity contribution in [2.45, 2.75) is 51.4 Å². The van der Waals surface area contributed by atoms with Crippen molar-refractivity contribution in [3.8, 4) is 0 Å². The van der Waals surface area contributed by atoms with E-state index in [0.717, 1.165) is 23.6 Å². The lowest BCUT2D eigenvalue weighted by atomic mass is 9.94. The highest BCUT2D eigenvalue weighted by molar-refractivity contribution is 5.90. The molecule has 1 saturated carbocycles. The maximum absolute atomic E-state index is 11.1. The summed E-state index contributed by atoms with van der Waals surface area (Å²) in [6.07, 6.45) is 3.05. The third-order valence-electron chi connectivity index (χ3n) is 4.38. The van der Waals surface area contributed by atoms with E-state index in [4.69, 9.17) is 5.11 Å². The molecular formula is C18H22FN3O2. The highest BCUT2D eigenvalue weighted by Gasteiger charge is 2.31. The lowest BCUT2D eigenvalue weighted by molar-refractivity contribution is 0.209. The molecule has 6 heteroatoms. The normalized spacial score (nSPS) is 22.4. The molecule has 2 N–H and O–H groups in total. The van der Waals surface area contributed by atoms with Gasteiger partial charge in [0.1, 0.15) is 12.0 Å². The Balaban J connectivity index is 0.000000370. The van der Waals surface area contributed by atoms with Crippen LogP contribution in [0.1, 0.15) is 33.1 Å². The van der Waals surface area contributed by atoms with Crippen molar-refractivity contribution in [3.05, 3.63) is 30.5 Å². The van der Waals surface area contributed by atoms with Gasteiger partial charge in [0.25, 0.3) is 0 Å². The van der Waals surface area contributed by atoms with Gasteiger partial charge in [-0.25, -0.2) is 14.2 Å². The molecule has 2 atom stereocenters. The molecule has 4 rings (SSSR count). The van der Waals surface area contributed by atoms with Crippen molar-refractivity contribution in [2.24, 2.45) is 0 Å². The zero-order valence-electron chi connectivity index (χ0n) is 13.9. The van der Waals surface area contributed by atoms with E-state index in [9.17, 15) is 9.18 Å². The van der Waals surface area contributed by atoms with Gasteiger partial charge in [0.15, 0.2) is 0 Å². The summed E-state index contributed by atoms with van der Waals surface area (Å²) in [6, 6.07) is 9.09. The number of halogens is 1. The second kappa shape index (κ2) is 6.63. The fraction of sp³-hybridized carbons (Fsp3) is 0.444. The summed E-state index contributed by atoms with van der Waals surface area (Å²) >= 11 is 0. The van der Waals surface area contributed by atoms with Crippen LogP contribution in [-0.2, 0) is 0 Å². The molecule has 1 aromatic heterocycles. The highest BCUT2D eigenvalue weighted by Crippen LogP contribution is 2.33. The van der Waals surface area contributed by atoms with Crippen LogP contribution in [0.25, 0.3) is 10.8 Å². The summed E-state index contributed by atoms with van der Waals surface area (Å²) in [5.74, 6) is 0.350. The Morgan fingerprint density at radius 2 is 1.92 bits per heavy atom. The first kappa shape index (κ1) is 16.5. The maximum Gasteiger partial charge on any atom is 0.410 e. The summed E-state index contributed by atoms with van der Waals surface area (Å²) in [4.78, 5) is 17.1. The fourth-order valence-electron chi connectivity index (χ4n) is 3.06. The first-order chi connectivity index (χ1) is 11.4. The zero-order chi connectivity index (χ0) is 17.3. The van der Waals surface area contributed by atoms with E-state index in [0.29, 0.717) is 17.9 Å². The van der Waals surface area contributed by atoms with Crippen LogP contribution in [0, 0.1) is 0 Å². The van der Waals surface area contributed by atoms with Crippen LogP contribution in [0.15, 0.2) is 30.5 Å². The van der Waals surface area contributed by atoms with Gasteiger partial charge in [-0.1, -0.05) is 6.07 Å². The van der Waals surface area contributed by atoms with Crippen LogP contribution < -0.4 is 10.2 Å². The fourth-order valence-corrected chi connectivity index (χ4v) is 3.06. The molecule has 2 aromatic rings. The van der Waals surface area contributed by atoms with Crippen LogP contribution in [0.3, 0.4) is 0 Å². The van der Waals surface area contributed by atoms with E-state index in [1.807, 2.05) is 6.07 Å². The van der Waals surface area contributed by atoms with Gasteiger partial charge < -0.3 is 10.0 Å². The molecular weight excluding hydrogens is 309 g/mol. The average molecular weight is 331 g/mol. The Bertz CT molecular complexity index is 740. The Morgan fingerprint density at radius 3 is 2.46 bits per heavy atom. The second-order valence-electron chi connectivity index (χ2n) is 6.55. The molecule has 0 radical (unpaired) electrons. The average Bonchev–Trinajstić information content (AvgIpc) is 3.29. The lowest BCUT2D eigenvalue weighted by Gasteiger charge is -2.47. The number of amides is 1. The summed E-state index contributed by atoms with van der Waals surface area (Å²) in [5.41, 5.74) is 1.20. The number of hydrogen-bond acceptors (Lipinski definition) is 3. The van der Waals surface area contributed by atoms with Crippen LogP contribution >= 0.6 is 0 Å². The van der Waals surface area contributed by atoms with Gasteiger partial charge in [-0.15, -0.1) is 0 Å². The highest BCUT2D eigenvalue weighted by atomic mass is 19.1. The molecule has 1 aliphatic heterocycles. The van der Waals surface area contributed by atoms with Gasteiger partial charge in [0.05, 0.1) is 0 Å². The number of carboxylic acid groups (broad SMARTS) is 1. The molecule has 2 unspecified atom stereocenters.